The first-order chi connectivity index (χ1) is 11.1. The number of aliphatic carboxylic acids is 1. The summed E-state index contributed by atoms with van der Waals surface area (Å²) in [6.07, 6.45) is -0.0472. The lowest BCUT2D eigenvalue weighted by atomic mass is 9.95. The van der Waals surface area contributed by atoms with Crippen LogP contribution in [0.1, 0.15) is 24.5 Å². The van der Waals surface area contributed by atoms with Gasteiger partial charge in [-0.05, 0) is 35.4 Å². The van der Waals surface area contributed by atoms with Crippen LogP contribution in [-0.4, -0.2) is 21.9 Å². The van der Waals surface area contributed by atoms with E-state index in [0.717, 1.165) is 11.1 Å². The summed E-state index contributed by atoms with van der Waals surface area (Å²) in [5.41, 5.74) is 2.25. The van der Waals surface area contributed by atoms with Gasteiger partial charge in [0.25, 0.3) is 0 Å². The number of hydrogen-bond donors (Lipinski definition) is 2. The molecule has 0 aromatic heterocycles. The fourth-order valence-electron chi connectivity index (χ4n) is 2.17. The molecule has 0 amide bonds. The number of carboxylic acid groups (broad SMARTS) is 1. The van der Waals surface area contributed by atoms with E-state index < -0.39 is 5.97 Å². The minimum atomic E-state index is -0.896. The van der Waals surface area contributed by atoms with Crippen LogP contribution in [0.2, 0.25) is 0 Å². The number of phenols is 1. The second-order valence-electron chi connectivity index (χ2n) is 5.28. The van der Waals surface area contributed by atoms with Gasteiger partial charge in [-0.15, -0.1) is 0 Å². The summed E-state index contributed by atoms with van der Waals surface area (Å²) in [6, 6.07) is 16.1. The fourth-order valence-corrected chi connectivity index (χ4v) is 2.17. The Labute approximate surface area is 134 Å². The van der Waals surface area contributed by atoms with E-state index in [0.29, 0.717) is 12.3 Å². The zero-order chi connectivity index (χ0) is 16.7. The summed E-state index contributed by atoms with van der Waals surface area (Å²) in [7, 11) is 0. The third kappa shape index (κ3) is 5.14. The van der Waals surface area contributed by atoms with Gasteiger partial charge in [-0.2, -0.15) is 0 Å². The van der Waals surface area contributed by atoms with Gasteiger partial charge >= 0.3 is 5.97 Å². The van der Waals surface area contributed by atoms with E-state index in [2.05, 4.69) is 5.16 Å². The van der Waals surface area contributed by atoms with Crippen molar-refractivity contribution >= 4 is 11.7 Å². The molecule has 2 N–H and O–H groups in total. The maximum Gasteiger partial charge on any atom is 0.304 e. The Morgan fingerprint density at radius 1 is 1.13 bits per heavy atom. The van der Waals surface area contributed by atoms with Gasteiger partial charge in [-0.25, -0.2) is 0 Å². The highest BCUT2D eigenvalue weighted by atomic mass is 16.6. The van der Waals surface area contributed by atoms with Crippen LogP contribution in [-0.2, 0) is 16.2 Å². The summed E-state index contributed by atoms with van der Waals surface area (Å²) in [5.74, 6) is -1.07. The molecule has 0 radical (unpaired) electrons. The topological polar surface area (TPSA) is 79.1 Å². The van der Waals surface area contributed by atoms with E-state index in [1.54, 1.807) is 19.1 Å². The van der Waals surface area contributed by atoms with E-state index >= 15 is 0 Å². The SMILES string of the molecule is CC(CC(=O)O)/C(=N\OCc1ccccc1)c1ccc(O)cc1. The first-order valence-electron chi connectivity index (χ1n) is 7.31. The molecule has 0 spiro atoms. The van der Waals surface area contributed by atoms with E-state index in [1.807, 2.05) is 30.3 Å². The molecule has 120 valence electrons. The number of aromatic hydroxyl groups is 1. The van der Waals surface area contributed by atoms with Crippen LogP contribution in [0.25, 0.3) is 0 Å². The first kappa shape index (κ1) is 16.5. The Morgan fingerprint density at radius 2 is 1.78 bits per heavy atom. The molecule has 0 fully saturated rings. The van der Waals surface area contributed by atoms with E-state index in [-0.39, 0.29) is 18.1 Å². The second kappa shape index (κ2) is 7.98. The number of nitrogens with zero attached hydrogens (tertiary/aromatic N) is 1. The smallest absolute Gasteiger partial charge is 0.304 e. The summed E-state index contributed by atoms with van der Waals surface area (Å²) >= 11 is 0. The third-order valence-electron chi connectivity index (χ3n) is 3.35. The predicted octanol–water partition coefficient (Wildman–Crippen LogP) is 3.42. The summed E-state index contributed by atoms with van der Waals surface area (Å²) < 4.78 is 0. The molecule has 2 aromatic rings. The highest BCUT2D eigenvalue weighted by Crippen LogP contribution is 2.17. The van der Waals surface area contributed by atoms with Crippen molar-refractivity contribution in [3.63, 3.8) is 0 Å². The molecule has 23 heavy (non-hydrogen) atoms. The van der Waals surface area contributed by atoms with Crippen molar-refractivity contribution in [1.29, 1.82) is 0 Å². The molecular formula is C18H19NO4. The maximum absolute atomic E-state index is 11.0. The Morgan fingerprint density at radius 3 is 2.39 bits per heavy atom. The largest absolute Gasteiger partial charge is 0.508 e. The molecule has 0 saturated heterocycles. The van der Waals surface area contributed by atoms with E-state index in [4.69, 9.17) is 9.94 Å². The normalized spacial score (nSPS) is 12.7. The Bertz CT molecular complexity index is 665. The molecule has 2 aromatic carbocycles. The minimum absolute atomic E-state index is 0.0472. The quantitative estimate of drug-likeness (QED) is 0.606. The van der Waals surface area contributed by atoms with Crippen LogP contribution in [0, 0.1) is 5.92 Å². The number of oxime groups is 1. The molecule has 0 aliphatic heterocycles. The predicted molar refractivity (Wildman–Crippen MR) is 87.3 cm³/mol. The number of rotatable bonds is 7. The van der Waals surface area contributed by atoms with Crippen LogP contribution in [0.4, 0.5) is 0 Å². The van der Waals surface area contributed by atoms with Crippen molar-refractivity contribution in [2.45, 2.75) is 20.0 Å². The summed E-state index contributed by atoms with van der Waals surface area (Å²) in [4.78, 5) is 16.4. The zero-order valence-corrected chi connectivity index (χ0v) is 12.8. The van der Waals surface area contributed by atoms with E-state index in [9.17, 15) is 9.90 Å². The van der Waals surface area contributed by atoms with Gasteiger partial charge in [0.1, 0.15) is 12.4 Å². The monoisotopic (exact) mass is 313 g/mol. The Kier molecular flexibility index (Phi) is 5.74. The number of hydrogen-bond acceptors (Lipinski definition) is 4. The standard InChI is InChI=1S/C18H19NO4/c1-13(11-17(21)22)18(15-7-9-16(20)10-8-15)19-23-12-14-5-3-2-4-6-14/h2-10,13,20H,11-12H2,1H3,(H,21,22)/b19-18+. The lowest BCUT2D eigenvalue weighted by Gasteiger charge is -2.13. The fraction of sp³-hybridized carbons (Fsp3) is 0.222. The average molecular weight is 313 g/mol. The van der Waals surface area contributed by atoms with E-state index in [1.165, 1.54) is 12.1 Å². The van der Waals surface area contributed by atoms with Gasteiger partial charge in [0.05, 0.1) is 12.1 Å². The average Bonchev–Trinajstić information content (AvgIpc) is 2.53. The van der Waals surface area contributed by atoms with Crippen LogP contribution in [0.3, 0.4) is 0 Å². The number of benzene rings is 2. The molecule has 2 rings (SSSR count). The molecule has 5 nitrogen and oxygen atoms in total. The maximum atomic E-state index is 11.0. The van der Waals surface area contributed by atoms with Gasteiger partial charge in [0.15, 0.2) is 0 Å². The molecule has 1 unspecified atom stereocenters. The third-order valence-corrected chi connectivity index (χ3v) is 3.35. The Hall–Kier alpha value is -2.82. The highest BCUT2D eigenvalue weighted by Gasteiger charge is 2.17. The molecule has 0 bridgehead atoms. The minimum Gasteiger partial charge on any atom is -0.508 e. The molecule has 0 heterocycles. The van der Waals surface area contributed by atoms with Crippen LogP contribution in [0.15, 0.2) is 59.8 Å². The molecule has 5 heteroatoms. The van der Waals surface area contributed by atoms with Gasteiger partial charge in [-0.1, -0.05) is 42.4 Å². The van der Waals surface area contributed by atoms with Crippen molar-refractivity contribution in [1.82, 2.24) is 0 Å². The first-order valence-corrected chi connectivity index (χ1v) is 7.31. The second-order valence-corrected chi connectivity index (χ2v) is 5.28. The number of carboxylic acids is 1. The molecular weight excluding hydrogens is 294 g/mol. The van der Waals surface area contributed by atoms with Crippen molar-refractivity contribution in [3.8, 4) is 5.75 Å². The van der Waals surface area contributed by atoms with Gasteiger partial charge in [0, 0.05) is 5.92 Å². The van der Waals surface area contributed by atoms with Gasteiger partial charge in [-0.3, -0.25) is 4.79 Å². The van der Waals surface area contributed by atoms with Gasteiger partial charge < -0.3 is 15.1 Å². The van der Waals surface area contributed by atoms with Crippen LogP contribution in [0.5, 0.6) is 5.75 Å². The summed E-state index contributed by atoms with van der Waals surface area (Å²) in [5, 5.41) is 22.5. The number of carbonyl (C=O) groups is 1. The molecule has 0 saturated carbocycles. The highest BCUT2D eigenvalue weighted by molar-refractivity contribution is 6.03. The van der Waals surface area contributed by atoms with Crippen molar-refractivity contribution in [2.24, 2.45) is 11.1 Å². The van der Waals surface area contributed by atoms with Crippen molar-refractivity contribution in [2.75, 3.05) is 0 Å². The van der Waals surface area contributed by atoms with Crippen LogP contribution < -0.4 is 0 Å². The molecule has 0 aliphatic carbocycles. The number of phenolic OH excluding ortho intramolecular Hbond substituents is 1. The van der Waals surface area contributed by atoms with Crippen molar-refractivity contribution < 1.29 is 19.8 Å². The lowest BCUT2D eigenvalue weighted by Crippen LogP contribution is -2.17. The molecule has 0 aliphatic rings. The van der Waals surface area contributed by atoms with Gasteiger partial charge in [0.2, 0.25) is 0 Å². The Balaban J connectivity index is 2.16. The zero-order valence-electron chi connectivity index (χ0n) is 12.8. The van der Waals surface area contributed by atoms with Crippen molar-refractivity contribution in [3.05, 3.63) is 65.7 Å². The van der Waals surface area contributed by atoms with Crippen LogP contribution >= 0.6 is 0 Å². The summed E-state index contributed by atoms with van der Waals surface area (Å²) in [6.45, 7) is 2.09. The molecule has 1 atom stereocenters. The lowest BCUT2D eigenvalue weighted by molar-refractivity contribution is -0.137.